The van der Waals surface area contributed by atoms with Crippen molar-refractivity contribution in [2.45, 2.75) is 45.4 Å². The Hall–Kier alpha value is 0.480. The minimum Gasteiger partial charge on any atom is -0.0928 e. The fraction of sp³-hybridized carbons (Fsp3) is 1.00. The second-order valence-corrected chi connectivity index (χ2v) is 4.76. The Morgan fingerprint density at radius 2 is 2.18 bits per heavy atom. The van der Waals surface area contributed by atoms with Crippen LogP contribution < -0.4 is 0 Å². The van der Waals surface area contributed by atoms with Gasteiger partial charge in [-0.05, 0) is 31.1 Å². The summed E-state index contributed by atoms with van der Waals surface area (Å²) in [4.78, 5) is 0. The summed E-state index contributed by atoms with van der Waals surface area (Å²) >= 11 is 3.49. The molecule has 0 aliphatic heterocycles. The number of alkyl halides is 1. The molecule has 0 aromatic heterocycles. The average Bonchev–Trinajstić information content (AvgIpc) is 2.01. The third-order valence-corrected chi connectivity index (χ3v) is 3.35. The second kappa shape index (κ2) is 5.18. The van der Waals surface area contributed by atoms with Gasteiger partial charge in [0.1, 0.15) is 0 Å². The van der Waals surface area contributed by atoms with Gasteiger partial charge in [-0.15, -0.1) is 0 Å². The summed E-state index contributed by atoms with van der Waals surface area (Å²) in [6, 6.07) is 0. The molecule has 0 saturated heterocycles. The Kier molecular flexibility index (Phi) is 4.51. The third-order valence-electron chi connectivity index (χ3n) is 2.79. The highest BCUT2D eigenvalue weighted by Crippen LogP contribution is 2.31. The van der Waals surface area contributed by atoms with Gasteiger partial charge in [-0.3, -0.25) is 0 Å². The van der Waals surface area contributed by atoms with E-state index in [0.29, 0.717) is 0 Å². The lowest BCUT2D eigenvalue weighted by atomic mass is 9.80. The van der Waals surface area contributed by atoms with Gasteiger partial charge in [0.05, 0.1) is 0 Å². The van der Waals surface area contributed by atoms with Gasteiger partial charge >= 0.3 is 0 Å². The molecule has 0 amide bonds. The molecule has 0 nitrogen and oxygen atoms in total. The van der Waals surface area contributed by atoms with E-state index in [-0.39, 0.29) is 0 Å². The van der Waals surface area contributed by atoms with Crippen LogP contribution in [0.25, 0.3) is 0 Å². The van der Waals surface area contributed by atoms with E-state index in [1.165, 1.54) is 43.9 Å². The van der Waals surface area contributed by atoms with Crippen LogP contribution in [0.4, 0.5) is 0 Å². The van der Waals surface area contributed by atoms with Crippen LogP contribution in [0.1, 0.15) is 45.4 Å². The fourth-order valence-electron chi connectivity index (χ4n) is 2.19. The maximum atomic E-state index is 3.49. The molecule has 0 heterocycles. The molecule has 1 aliphatic rings. The number of hydrogen-bond acceptors (Lipinski definition) is 0. The lowest BCUT2D eigenvalue weighted by molar-refractivity contribution is 0.269. The van der Waals surface area contributed by atoms with Crippen LogP contribution >= 0.6 is 15.9 Å². The summed E-state index contributed by atoms with van der Waals surface area (Å²) in [5.41, 5.74) is 0. The molecule has 2 atom stereocenters. The van der Waals surface area contributed by atoms with Crippen LogP contribution in [0.5, 0.6) is 0 Å². The molecule has 1 heteroatoms. The minimum absolute atomic E-state index is 1.00. The highest BCUT2D eigenvalue weighted by atomic mass is 79.9. The molecule has 0 N–H and O–H groups in total. The lowest BCUT2D eigenvalue weighted by Crippen LogP contribution is -2.13. The van der Waals surface area contributed by atoms with Crippen LogP contribution in [0.3, 0.4) is 0 Å². The first-order valence-corrected chi connectivity index (χ1v) is 6.01. The predicted molar refractivity (Wildman–Crippen MR) is 54.2 cm³/mol. The first kappa shape index (κ1) is 9.57. The Morgan fingerprint density at radius 1 is 1.36 bits per heavy atom. The fourth-order valence-corrected chi connectivity index (χ4v) is 2.51. The van der Waals surface area contributed by atoms with Gasteiger partial charge in [-0.1, -0.05) is 42.1 Å². The van der Waals surface area contributed by atoms with Crippen molar-refractivity contribution in [2.24, 2.45) is 11.8 Å². The van der Waals surface area contributed by atoms with Crippen molar-refractivity contribution in [3.8, 4) is 0 Å². The van der Waals surface area contributed by atoms with Crippen LogP contribution in [-0.2, 0) is 0 Å². The van der Waals surface area contributed by atoms with E-state index in [1.807, 2.05) is 0 Å². The number of halogens is 1. The van der Waals surface area contributed by atoms with Crippen LogP contribution in [0, 0.1) is 11.8 Å². The normalized spacial score (nSPS) is 32.2. The highest BCUT2D eigenvalue weighted by molar-refractivity contribution is 9.09. The molecule has 2 unspecified atom stereocenters. The van der Waals surface area contributed by atoms with E-state index in [9.17, 15) is 0 Å². The van der Waals surface area contributed by atoms with E-state index in [4.69, 9.17) is 0 Å². The van der Waals surface area contributed by atoms with Crippen molar-refractivity contribution >= 4 is 15.9 Å². The summed E-state index contributed by atoms with van der Waals surface area (Å²) < 4.78 is 0. The minimum atomic E-state index is 1.00. The molecule has 0 spiro atoms. The third kappa shape index (κ3) is 3.59. The SMILES string of the molecule is CC1CCCC(CCCBr)C1. The van der Waals surface area contributed by atoms with Crippen molar-refractivity contribution in [2.75, 3.05) is 5.33 Å². The smallest absolute Gasteiger partial charge is 0.00314 e. The van der Waals surface area contributed by atoms with Gasteiger partial charge in [-0.2, -0.15) is 0 Å². The van der Waals surface area contributed by atoms with Gasteiger partial charge in [0.15, 0.2) is 0 Å². The average molecular weight is 219 g/mol. The van der Waals surface area contributed by atoms with Crippen molar-refractivity contribution < 1.29 is 0 Å². The molecule has 1 fully saturated rings. The molecule has 11 heavy (non-hydrogen) atoms. The molecule has 1 saturated carbocycles. The largest absolute Gasteiger partial charge is 0.0928 e. The van der Waals surface area contributed by atoms with Gasteiger partial charge in [0.25, 0.3) is 0 Å². The number of rotatable bonds is 3. The second-order valence-electron chi connectivity index (χ2n) is 3.97. The lowest BCUT2D eigenvalue weighted by Gasteiger charge is -2.26. The number of hydrogen-bond donors (Lipinski definition) is 0. The Balaban J connectivity index is 2.12. The Morgan fingerprint density at radius 3 is 2.82 bits per heavy atom. The highest BCUT2D eigenvalue weighted by Gasteiger charge is 2.17. The maximum Gasteiger partial charge on any atom is 0.00314 e. The first-order chi connectivity index (χ1) is 5.33. The van der Waals surface area contributed by atoms with Gasteiger partial charge in [0, 0.05) is 5.33 Å². The van der Waals surface area contributed by atoms with E-state index in [0.717, 1.165) is 11.8 Å². The quantitative estimate of drug-likeness (QED) is 0.629. The van der Waals surface area contributed by atoms with Gasteiger partial charge in [-0.25, -0.2) is 0 Å². The molecule has 0 radical (unpaired) electrons. The summed E-state index contributed by atoms with van der Waals surface area (Å²) in [7, 11) is 0. The van der Waals surface area contributed by atoms with Crippen LogP contribution in [-0.4, -0.2) is 5.33 Å². The van der Waals surface area contributed by atoms with E-state index in [2.05, 4.69) is 22.9 Å². The molecule has 66 valence electrons. The zero-order valence-corrected chi connectivity index (χ0v) is 9.07. The molecule has 1 aliphatic carbocycles. The van der Waals surface area contributed by atoms with E-state index >= 15 is 0 Å². The molecule has 0 aromatic rings. The first-order valence-electron chi connectivity index (χ1n) is 4.89. The molecule has 0 aromatic carbocycles. The van der Waals surface area contributed by atoms with E-state index < -0.39 is 0 Å². The van der Waals surface area contributed by atoms with Crippen molar-refractivity contribution in [1.29, 1.82) is 0 Å². The Labute approximate surface area is 78.9 Å². The van der Waals surface area contributed by atoms with E-state index in [1.54, 1.807) is 0 Å². The van der Waals surface area contributed by atoms with Crippen molar-refractivity contribution in [3.05, 3.63) is 0 Å². The molecular formula is C10H19Br. The summed E-state index contributed by atoms with van der Waals surface area (Å²) in [6.07, 6.45) is 8.77. The Bertz CT molecular complexity index is 101. The zero-order valence-electron chi connectivity index (χ0n) is 7.48. The van der Waals surface area contributed by atoms with Gasteiger partial charge < -0.3 is 0 Å². The van der Waals surface area contributed by atoms with Crippen LogP contribution in [0.15, 0.2) is 0 Å². The summed E-state index contributed by atoms with van der Waals surface area (Å²) in [5, 5.41) is 1.19. The predicted octanol–water partition coefficient (Wildman–Crippen LogP) is 3.99. The zero-order chi connectivity index (χ0) is 8.10. The van der Waals surface area contributed by atoms with Crippen molar-refractivity contribution in [1.82, 2.24) is 0 Å². The molecule has 0 bridgehead atoms. The van der Waals surface area contributed by atoms with Crippen LogP contribution in [0.2, 0.25) is 0 Å². The molecular weight excluding hydrogens is 200 g/mol. The summed E-state index contributed by atoms with van der Waals surface area (Å²) in [6.45, 7) is 2.40. The van der Waals surface area contributed by atoms with Gasteiger partial charge in [0.2, 0.25) is 0 Å². The standard InChI is InChI=1S/C10H19Br/c1-9-4-2-5-10(8-9)6-3-7-11/h9-10H,2-8H2,1H3. The summed E-state index contributed by atoms with van der Waals surface area (Å²) in [5.74, 6) is 2.06. The maximum absolute atomic E-state index is 3.49. The monoisotopic (exact) mass is 218 g/mol. The topological polar surface area (TPSA) is 0 Å². The van der Waals surface area contributed by atoms with Crippen molar-refractivity contribution in [3.63, 3.8) is 0 Å². The molecule has 1 rings (SSSR count).